The zero-order valence-corrected chi connectivity index (χ0v) is 17.9. The number of ether oxygens (including phenoxy) is 3. The van der Waals surface area contributed by atoms with Gasteiger partial charge in [0.25, 0.3) is 0 Å². The SMILES string of the molecule is CCOC(=O)C(O)CC(=O)c1c(OCc2ccccc2)cccc1OCc1ccccc1. The van der Waals surface area contributed by atoms with E-state index in [4.69, 9.17) is 14.2 Å². The zero-order valence-electron chi connectivity index (χ0n) is 17.9. The average Bonchev–Trinajstić information content (AvgIpc) is 2.82. The Balaban J connectivity index is 1.84. The van der Waals surface area contributed by atoms with E-state index in [1.807, 2.05) is 60.7 Å². The number of hydrogen-bond donors (Lipinski definition) is 1. The molecule has 0 aromatic heterocycles. The summed E-state index contributed by atoms with van der Waals surface area (Å²) in [7, 11) is 0. The van der Waals surface area contributed by atoms with Crippen LogP contribution in [0.5, 0.6) is 11.5 Å². The summed E-state index contributed by atoms with van der Waals surface area (Å²) >= 11 is 0. The van der Waals surface area contributed by atoms with Crippen LogP contribution in [-0.4, -0.2) is 29.6 Å². The fourth-order valence-corrected chi connectivity index (χ4v) is 3.10. The lowest BCUT2D eigenvalue weighted by atomic mass is 10.0. The Morgan fingerprint density at radius 3 is 1.75 bits per heavy atom. The normalized spacial score (nSPS) is 11.4. The van der Waals surface area contributed by atoms with Crippen LogP contribution in [-0.2, 0) is 22.7 Å². The highest BCUT2D eigenvalue weighted by Crippen LogP contribution is 2.31. The van der Waals surface area contributed by atoms with Crippen molar-refractivity contribution >= 4 is 11.8 Å². The highest BCUT2D eigenvalue weighted by Gasteiger charge is 2.26. The van der Waals surface area contributed by atoms with E-state index >= 15 is 0 Å². The highest BCUT2D eigenvalue weighted by atomic mass is 16.5. The van der Waals surface area contributed by atoms with Gasteiger partial charge in [0.1, 0.15) is 30.3 Å². The van der Waals surface area contributed by atoms with E-state index in [0.717, 1.165) is 11.1 Å². The summed E-state index contributed by atoms with van der Waals surface area (Å²) in [5.74, 6) is -0.673. The second-order valence-electron chi connectivity index (χ2n) is 7.07. The van der Waals surface area contributed by atoms with E-state index in [2.05, 4.69) is 0 Å². The van der Waals surface area contributed by atoms with Crippen LogP contribution < -0.4 is 9.47 Å². The number of ketones is 1. The number of carbonyl (C=O) groups excluding carboxylic acids is 2. The van der Waals surface area contributed by atoms with Gasteiger partial charge in [0, 0.05) is 6.42 Å². The van der Waals surface area contributed by atoms with Gasteiger partial charge in [0.2, 0.25) is 0 Å². The lowest BCUT2D eigenvalue weighted by Crippen LogP contribution is -2.26. The third-order valence-electron chi connectivity index (χ3n) is 4.68. The minimum absolute atomic E-state index is 0.117. The molecule has 0 bridgehead atoms. The molecule has 1 N–H and O–H groups in total. The van der Waals surface area contributed by atoms with Crippen molar-refractivity contribution in [2.24, 2.45) is 0 Å². The van der Waals surface area contributed by atoms with E-state index < -0.39 is 24.3 Å². The maximum absolute atomic E-state index is 13.1. The fraction of sp³-hybridized carbons (Fsp3) is 0.231. The second kappa shape index (κ2) is 11.7. The molecule has 0 aliphatic rings. The van der Waals surface area contributed by atoms with E-state index in [1.165, 1.54) is 0 Å². The van der Waals surface area contributed by atoms with Crippen molar-refractivity contribution in [2.45, 2.75) is 32.7 Å². The van der Waals surface area contributed by atoms with Crippen LogP contribution in [0.15, 0.2) is 78.9 Å². The summed E-state index contributed by atoms with van der Waals surface area (Å²) in [6.45, 7) is 2.26. The van der Waals surface area contributed by atoms with Crippen molar-refractivity contribution in [3.63, 3.8) is 0 Å². The Hall–Kier alpha value is -3.64. The number of carbonyl (C=O) groups is 2. The lowest BCUT2D eigenvalue weighted by molar-refractivity contribution is -0.152. The third kappa shape index (κ3) is 6.43. The van der Waals surface area contributed by atoms with Crippen molar-refractivity contribution in [2.75, 3.05) is 6.61 Å². The quantitative estimate of drug-likeness (QED) is 0.357. The predicted octanol–water partition coefficient (Wildman–Crippen LogP) is 4.34. The molecule has 3 aromatic carbocycles. The Morgan fingerprint density at radius 1 is 0.781 bits per heavy atom. The van der Waals surface area contributed by atoms with E-state index in [-0.39, 0.29) is 25.4 Å². The Bertz CT molecular complexity index is 955. The number of rotatable bonds is 11. The Morgan fingerprint density at radius 2 is 1.28 bits per heavy atom. The summed E-state index contributed by atoms with van der Waals surface area (Å²) in [6.07, 6.45) is -2.00. The maximum atomic E-state index is 13.1. The largest absolute Gasteiger partial charge is 0.488 e. The van der Waals surface area contributed by atoms with Gasteiger partial charge in [-0.25, -0.2) is 4.79 Å². The third-order valence-corrected chi connectivity index (χ3v) is 4.68. The summed E-state index contributed by atoms with van der Waals surface area (Å²) in [4.78, 5) is 24.9. The second-order valence-corrected chi connectivity index (χ2v) is 7.07. The van der Waals surface area contributed by atoms with Crippen LogP contribution >= 0.6 is 0 Å². The highest BCUT2D eigenvalue weighted by molar-refractivity contribution is 6.03. The van der Waals surface area contributed by atoms with Crippen molar-refractivity contribution in [1.29, 1.82) is 0 Å². The standard InChI is InChI=1S/C26H26O6/c1-2-30-26(29)22(28)16-21(27)25-23(31-17-19-10-5-3-6-11-19)14-9-15-24(25)32-18-20-12-7-4-8-13-20/h3-15,22,28H,2,16-18H2,1H3. The topological polar surface area (TPSA) is 82.1 Å². The molecule has 0 spiro atoms. The van der Waals surface area contributed by atoms with E-state index in [0.29, 0.717) is 11.5 Å². The molecule has 32 heavy (non-hydrogen) atoms. The molecule has 6 heteroatoms. The molecule has 0 heterocycles. The summed E-state index contributed by atoms with van der Waals surface area (Å²) < 4.78 is 16.7. The van der Waals surface area contributed by atoms with Gasteiger partial charge < -0.3 is 19.3 Å². The van der Waals surface area contributed by atoms with Crippen molar-refractivity contribution in [3.05, 3.63) is 95.6 Å². The number of esters is 1. The Labute approximate surface area is 187 Å². The maximum Gasteiger partial charge on any atom is 0.335 e. The monoisotopic (exact) mass is 434 g/mol. The molecular weight excluding hydrogens is 408 g/mol. The van der Waals surface area contributed by atoms with Crippen molar-refractivity contribution in [1.82, 2.24) is 0 Å². The first-order chi connectivity index (χ1) is 15.6. The molecule has 0 aliphatic heterocycles. The van der Waals surface area contributed by atoms with Crippen LogP contribution in [0.1, 0.15) is 34.8 Å². The van der Waals surface area contributed by atoms with Gasteiger partial charge in [-0.2, -0.15) is 0 Å². The molecule has 6 nitrogen and oxygen atoms in total. The molecule has 166 valence electrons. The van der Waals surface area contributed by atoms with E-state index in [9.17, 15) is 14.7 Å². The number of hydrogen-bond acceptors (Lipinski definition) is 6. The van der Waals surface area contributed by atoms with Gasteiger partial charge >= 0.3 is 5.97 Å². The number of benzene rings is 3. The van der Waals surface area contributed by atoms with Gasteiger partial charge in [-0.1, -0.05) is 66.7 Å². The van der Waals surface area contributed by atoms with Gasteiger partial charge in [-0.05, 0) is 30.2 Å². The summed E-state index contributed by atoms with van der Waals surface area (Å²) in [5.41, 5.74) is 2.06. The minimum Gasteiger partial charge on any atom is -0.488 e. The van der Waals surface area contributed by atoms with Crippen LogP contribution in [0.3, 0.4) is 0 Å². The molecule has 0 saturated heterocycles. The van der Waals surface area contributed by atoms with Gasteiger partial charge in [-0.3, -0.25) is 4.79 Å². The molecule has 0 radical (unpaired) electrons. The first-order valence-corrected chi connectivity index (χ1v) is 10.4. The van der Waals surface area contributed by atoms with Gasteiger partial charge in [-0.15, -0.1) is 0 Å². The van der Waals surface area contributed by atoms with E-state index in [1.54, 1.807) is 25.1 Å². The summed E-state index contributed by atoms with van der Waals surface area (Å²) in [6, 6.07) is 24.2. The minimum atomic E-state index is -1.56. The molecule has 3 rings (SSSR count). The molecule has 0 fully saturated rings. The molecule has 1 unspecified atom stereocenters. The molecule has 3 aromatic rings. The van der Waals surface area contributed by atoms with Crippen molar-refractivity contribution in [3.8, 4) is 11.5 Å². The first-order valence-electron chi connectivity index (χ1n) is 10.4. The first kappa shape index (κ1) is 23.0. The fourth-order valence-electron chi connectivity index (χ4n) is 3.10. The molecule has 0 saturated carbocycles. The van der Waals surface area contributed by atoms with Crippen LogP contribution in [0.4, 0.5) is 0 Å². The predicted molar refractivity (Wildman–Crippen MR) is 120 cm³/mol. The Kier molecular flexibility index (Phi) is 8.40. The van der Waals surface area contributed by atoms with Gasteiger partial charge in [0.15, 0.2) is 11.9 Å². The summed E-state index contributed by atoms with van der Waals surface area (Å²) in [5, 5.41) is 10.1. The van der Waals surface area contributed by atoms with Crippen LogP contribution in [0.2, 0.25) is 0 Å². The zero-order chi connectivity index (χ0) is 22.8. The number of Topliss-reactive ketones (excluding diaryl/α,β-unsaturated/α-hetero) is 1. The van der Waals surface area contributed by atoms with Gasteiger partial charge in [0.05, 0.1) is 6.61 Å². The smallest absolute Gasteiger partial charge is 0.335 e. The molecular formula is C26H26O6. The lowest BCUT2D eigenvalue weighted by Gasteiger charge is -2.17. The van der Waals surface area contributed by atoms with Crippen LogP contribution in [0.25, 0.3) is 0 Å². The molecule has 0 amide bonds. The number of aliphatic hydroxyl groups is 1. The molecule has 0 aliphatic carbocycles. The average molecular weight is 434 g/mol. The molecule has 1 atom stereocenters. The van der Waals surface area contributed by atoms with Crippen molar-refractivity contribution < 1.29 is 28.9 Å². The van der Waals surface area contributed by atoms with Crippen LogP contribution in [0, 0.1) is 0 Å². The number of aliphatic hydroxyl groups excluding tert-OH is 1.